The minimum atomic E-state index is -0.483. The molecule has 1 spiro atoms. The fourth-order valence-corrected chi connectivity index (χ4v) is 9.64. The van der Waals surface area contributed by atoms with E-state index in [1.54, 1.807) is 0 Å². The van der Waals surface area contributed by atoms with Crippen molar-refractivity contribution in [3.05, 3.63) is 204 Å². The fourth-order valence-electron chi connectivity index (χ4n) is 9.64. The second-order valence-electron chi connectivity index (χ2n) is 14.0. The summed E-state index contributed by atoms with van der Waals surface area (Å²) in [5.74, 6) is 0. The lowest BCUT2D eigenvalue weighted by atomic mass is 9.65. The first-order valence-corrected chi connectivity index (χ1v) is 17.9. The summed E-state index contributed by atoms with van der Waals surface area (Å²) in [5.41, 5.74) is 16.1. The van der Waals surface area contributed by atoms with Crippen LogP contribution in [-0.4, -0.2) is 4.57 Å². The second kappa shape index (κ2) is 10.1. The lowest BCUT2D eigenvalue weighted by Gasteiger charge is -2.40. The average molecular weight is 663 g/mol. The van der Waals surface area contributed by atoms with E-state index < -0.39 is 5.41 Å². The summed E-state index contributed by atoms with van der Waals surface area (Å²) in [6.07, 6.45) is 0. The summed E-state index contributed by atoms with van der Waals surface area (Å²) in [6, 6.07) is 66.5. The average Bonchev–Trinajstić information content (AvgIpc) is 3.85. The summed E-state index contributed by atoms with van der Waals surface area (Å²) in [7, 11) is 0. The summed E-state index contributed by atoms with van der Waals surface area (Å²) < 4.78 is 8.95. The van der Waals surface area contributed by atoms with Gasteiger partial charge in [-0.1, -0.05) is 133 Å². The molecule has 1 aliphatic heterocycles. The van der Waals surface area contributed by atoms with Crippen LogP contribution in [0.1, 0.15) is 22.3 Å². The van der Waals surface area contributed by atoms with Gasteiger partial charge in [-0.15, -0.1) is 0 Å². The maximum absolute atomic E-state index is 6.42. The van der Waals surface area contributed by atoms with E-state index in [1.165, 1.54) is 60.9 Å². The van der Waals surface area contributed by atoms with E-state index in [1.807, 2.05) is 6.07 Å². The summed E-state index contributed by atoms with van der Waals surface area (Å²) in [5, 5.41) is 4.76. The third-order valence-corrected chi connectivity index (χ3v) is 11.6. The summed E-state index contributed by atoms with van der Waals surface area (Å²) in [6.45, 7) is 0. The second-order valence-corrected chi connectivity index (χ2v) is 14.0. The summed E-state index contributed by atoms with van der Waals surface area (Å²) >= 11 is 0. The van der Waals surface area contributed by atoms with Crippen LogP contribution in [0, 0.1) is 0 Å². The van der Waals surface area contributed by atoms with Crippen molar-refractivity contribution < 1.29 is 4.42 Å². The minimum absolute atomic E-state index is 0.483. The van der Waals surface area contributed by atoms with Crippen LogP contribution in [0.2, 0.25) is 0 Å². The zero-order valence-electron chi connectivity index (χ0n) is 28.1. The highest BCUT2D eigenvalue weighted by atomic mass is 16.3. The van der Waals surface area contributed by atoms with Crippen LogP contribution < -0.4 is 4.90 Å². The maximum Gasteiger partial charge on any atom is 0.137 e. The maximum atomic E-state index is 6.42. The standard InChI is InChI=1S/C49H30N2O/c1-2-14-31(15-3-1)50(43-25-13-27-46-47(43)37-19-7-11-26-45(37)52-46)32-28-29-40-44(30-32)51-42-24-10-6-18-35(42)36-20-12-23-41(48(36)51)49(40)38-21-8-4-16-33(38)34-17-5-9-22-39(34)49/h1-30H. The predicted octanol–water partition coefficient (Wildman–Crippen LogP) is 12.8. The third-order valence-electron chi connectivity index (χ3n) is 11.6. The van der Waals surface area contributed by atoms with Gasteiger partial charge in [0.15, 0.2) is 0 Å². The van der Waals surface area contributed by atoms with Crippen LogP contribution in [0.4, 0.5) is 17.1 Å². The van der Waals surface area contributed by atoms with Gasteiger partial charge in [-0.3, -0.25) is 0 Å². The number of benzene rings is 8. The molecule has 8 aromatic carbocycles. The first-order valence-electron chi connectivity index (χ1n) is 17.9. The molecule has 2 aromatic heterocycles. The molecule has 0 amide bonds. The van der Waals surface area contributed by atoms with E-state index in [4.69, 9.17) is 4.42 Å². The molecule has 0 radical (unpaired) electrons. The van der Waals surface area contributed by atoms with Crippen molar-refractivity contribution in [2.24, 2.45) is 0 Å². The van der Waals surface area contributed by atoms with Crippen LogP contribution in [0.5, 0.6) is 0 Å². The number of fused-ring (bicyclic) bond motifs is 15. The van der Waals surface area contributed by atoms with E-state index in [-0.39, 0.29) is 0 Å². The zero-order chi connectivity index (χ0) is 34.0. The molecule has 10 aromatic rings. The molecule has 0 unspecified atom stereocenters. The highest BCUT2D eigenvalue weighted by molar-refractivity contribution is 6.15. The van der Waals surface area contributed by atoms with Gasteiger partial charge in [0.2, 0.25) is 0 Å². The molecule has 0 saturated carbocycles. The van der Waals surface area contributed by atoms with Crippen LogP contribution in [0.15, 0.2) is 186 Å². The number of nitrogens with zero attached hydrogens (tertiary/aromatic N) is 2. The topological polar surface area (TPSA) is 21.3 Å². The zero-order valence-corrected chi connectivity index (χ0v) is 28.1. The Hall–Kier alpha value is -6.84. The largest absolute Gasteiger partial charge is 0.456 e. The van der Waals surface area contributed by atoms with Crippen molar-refractivity contribution in [2.75, 3.05) is 4.90 Å². The van der Waals surface area contributed by atoms with Crippen molar-refractivity contribution in [1.29, 1.82) is 0 Å². The van der Waals surface area contributed by atoms with Crippen molar-refractivity contribution in [3.63, 3.8) is 0 Å². The molecule has 0 saturated heterocycles. The number of anilines is 3. The smallest absolute Gasteiger partial charge is 0.137 e. The van der Waals surface area contributed by atoms with E-state index >= 15 is 0 Å². The number of furan rings is 1. The molecule has 3 heteroatoms. The Balaban J connectivity index is 1.23. The minimum Gasteiger partial charge on any atom is -0.456 e. The lowest BCUT2D eigenvalue weighted by molar-refractivity contribution is 0.669. The SMILES string of the molecule is c1ccc(N(c2ccc3c(c2)-n2c4ccccc4c4cccc(c42)C32c3ccccc3-c3ccccc32)c2cccc3oc4ccccc4c23)cc1. The molecule has 0 fully saturated rings. The Bertz CT molecular complexity index is 3050. The van der Waals surface area contributed by atoms with Gasteiger partial charge in [0.05, 0.1) is 33.2 Å². The molecule has 52 heavy (non-hydrogen) atoms. The Labute approximate surface area is 300 Å². The lowest BCUT2D eigenvalue weighted by Crippen LogP contribution is -2.33. The predicted molar refractivity (Wildman–Crippen MR) is 214 cm³/mol. The molecule has 0 atom stereocenters. The Morgan fingerprint density at radius 3 is 1.90 bits per heavy atom. The van der Waals surface area contributed by atoms with Gasteiger partial charge >= 0.3 is 0 Å². The molecule has 242 valence electrons. The third kappa shape index (κ3) is 3.40. The number of hydrogen-bond acceptors (Lipinski definition) is 2. The summed E-state index contributed by atoms with van der Waals surface area (Å²) in [4.78, 5) is 2.40. The van der Waals surface area contributed by atoms with Crippen LogP contribution in [0.3, 0.4) is 0 Å². The fraction of sp³-hybridized carbons (Fsp3) is 0.0204. The Morgan fingerprint density at radius 1 is 0.442 bits per heavy atom. The normalized spacial score (nSPS) is 13.5. The molecule has 2 aliphatic rings. The van der Waals surface area contributed by atoms with Gasteiger partial charge in [-0.05, 0) is 81.9 Å². The van der Waals surface area contributed by atoms with Crippen molar-refractivity contribution in [3.8, 4) is 16.8 Å². The highest BCUT2D eigenvalue weighted by Gasteiger charge is 2.50. The van der Waals surface area contributed by atoms with Gasteiger partial charge in [-0.25, -0.2) is 0 Å². The molecule has 3 nitrogen and oxygen atoms in total. The van der Waals surface area contributed by atoms with Crippen LogP contribution in [0.25, 0.3) is 60.6 Å². The van der Waals surface area contributed by atoms with Gasteiger partial charge in [0.1, 0.15) is 11.2 Å². The molecule has 12 rings (SSSR count). The van der Waals surface area contributed by atoms with Crippen molar-refractivity contribution in [1.82, 2.24) is 4.57 Å². The van der Waals surface area contributed by atoms with Crippen LogP contribution >= 0.6 is 0 Å². The number of hydrogen-bond donors (Lipinski definition) is 0. The highest BCUT2D eigenvalue weighted by Crippen LogP contribution is 2.61. The Kier molecular flexibility index (Phi) is 5.43. The molecule has 0 N–H and O–H groups in total. The number of para-hydroxylation sites is 4. The van der Waals surface area contributed by atoms with E-state index in [2.05, 4.69) is 185 Å². The number of aromatic nitrogens is 1. The van der Waals surface area contributed by atoms with Gasteiger partial charge < -0.3 is 13.9 Å². The molecule has 1 aliphatic carbocycles. The van der Waals surface area contributed by atoms with E-state index in [0.29, 0.717) is 0 Å². The molecular formula is C49H30N2O. The molecule has 3 heterocycles. The van der Waals surface area contributed by atoms with Gasteiger partial charge in [-0.2, -0.15) is 0 Å². The van der Waals surface area contributed by atoms with Gasteiger partial charge in [0.25, 0.3) is 0 Å². The van der Waals surface area contributed by atoms with Crippen LogP contribution in [-0.2, 0) is 5.41 Å². The van der Waals surface area contributed by atoms with E-state index in [9.17, 15) is 0 Å². The molecule has 0 bridgehead atoms. The number of rotatable bonds is 3. The first-order chi connectivity index (χ1) is 25.8. The monoisotopic (exact) mass is 662 g/mol. The first kappa shape index (κ1) is 27.9. The molecular weight excluding hydrogens is 633 g/mol. The van der Waals surface area contributed by atoms with Crippen molar-refractivity contribution in [2.45, 2.75) is 5.41 Å². The Morgan fingerprint density at radius 2 is 1.08 bits per heavy atom. The quantitative estimate of drug-likeness (QED) is 0.188. The van der Waals surface area contributed by atoms with E-state index in [0.717, 1.165) is 39.0 Å². The van der Waals surface area contributed by atoms with Gasteiger partial charge in [0, 0.05) is 27.5 Å². The van der Waals surface area contributed by atoms with Crippen molar-refractivity contribution >= 4 is 60.8 Å².